The molecule has 1 amide bonds. The van der Waals surface area contributed by atoms with E-state index in [9.17, 15) is 25.2 Å². The van der Waals surface area contributed by atoms with Crippen molar-refractivity contribution in [3.8, 4) is 0 Å². The molecule has 6 nitrogen and oxygen atoms in total. The number of allylic oxidation sites excluding steroid dienone is 8. The minimum atomic E-state index is -1.30. The summed E-state index contributed by atoms with van der Waals surface area (Å²) in [4.78, 5) is 12.6. The van der Waals surface area contributed by atoms with Crippen LogP contribution in [-0.2, 0) is 4.79 Å². The molecule has 0 aromatic heterocycles. The van der Waals surface area contributed by atoms with Crippen LogP contribution >= 0.6 is 0 Å². The average molecular weight is 1070 g/mol. The van der Waals surface area contributed by atoms with Gasteiger partial charge in [-0.25, -0.2) is 0 Å². The number of unbranched alkanes of at least 4 members (excludes halogenated alkanes) is 46. The Bertz CT molecular complexity index is 1250. The fourth-order valence-electron chi connectivity index (χ4n) is 10.7. The van der Waals surface area contributed by atoms with Gasteiger partial charge in [-0.3, -0.25) is 4.79 Å². The Labute approximate surface area is 474 Å². The molecule has 0 aromatic carbocycles. The predicted molar refractivity (Wildman–Crippen MR) is 334 cm³/mol. The number of hydrogen-bond acceptors (Lipinski definition) is 5. The zero-order valence-electron chi connectivity index (χ0n) is 51.0. The second-order valence-corrected chi connectivity index (χ2v) is 23.5. The number of carbonyl (C=O) groups excluding carboxylic acids is 1. The van der Waals surface area contributed by atoms with Crippen molar-refractivity contribution in [2.24, 2.45) is 0 Å². The molecular weight excluding hydrogens is 935 g/mol. The third-order valence-electron chi connectivity index (χ3n) is 16.0. The Balaban J connectivity index is 3.61. The standard InChI is InChI=1S/C70H133NO5/c1-3-5-7-9-11-13-15-17-19-21-23-25-27-29-31-32-33-34-35-36-37-38-40-42-44-46-48-50-52-54-56-58-60-62-64-68(74)70(76)71-66(65-72)69(75)67(73)63-61-59-57-55-53-51-49-47-45-43-41-39-30-28-26-24-22-20-18-16-14-12-10-8-6-4-2/h32-33,39,41,47,49,55,57,66-69,72-75H,3-31,34-38,40,42-46,48,50-54,56,58-65H2,1-2H3,(H,71,76)/b33-32-,41-39+,49-47+,57-55+. The minimum Gasteiger partial charge on any atom is -0.394 e. The van der Waals surface area contributed by atoms with E-state index in [2.05, 4.69) is 67.8 Å². The molecule has 0 fully saturated rings. The van der Waals surface area contributed by atoms with Crippen LogP contribution in [0.2, 0.25) is 0 Å². The second kappa shape index (κ2) is 64.1. The molecule has 4 unspecified atom stereocenters. The van der Waals surface area contributed by atoms with Crippen molar-refractivity contribution in [3.05, 3.63) is 48.6 Å². The zero-order chi connectivity index (χ0) is 55.1. The third kappa shape index (κ3) is 57.0. The van der Waals surface area contributed by atoms with Gasteiger partial charge in [0.1, 0.15) is 12.2 Å². The van der Waals surface area contributed by atoms with Crippen LogP contribution in [0.1, 0.15) is 361 Å². The highest BCUT2D eigenvalue weighted by Gasteiger charge is 2.28. The molecule has 0 heterocycles. The van der Waals surface area contributed by atoms with Crippen LogP contribution in [0.4, 0.5) is 0 Å². The van der Waals surface area contributed by atoms with Crippen LogP contribution in [0, 0.1) is 0 Å². The molecule has 0 aromatic rings. The van der Waals surface area contributed by atoms with Crippen molar-refractivity contribution in [3.63, 3.8) is 0 Å². The lowest BCUT2D eigenvalue weighted by atomic mass is 10.00. The van der Waals surface area contributed by atoms with Crippen molar-refractivity contribution in [1.29, 1.82) is 0 Å². The monoisotopic (exact) mass is 1070 g/mol. The van der Waals surface area contributed by atoms with Gasteiger partial charge in [-0.05, 0) is 89.9 Å². The maximum absolute atomic E-state index is 12.6. The minimum absolute atomic E-state index is 0.360. The van der Waals surface area contributed by atoms with Gasteiger partial charge in [0.05, 0.1) is 18.8 Å². The predicted octanol–water partition coefficient (Wildman–Crippen LogP) is 20.9. The van der Waals surface area contributed by atoms with Gasteiger partial charge in [-0.2, -0.15) is 0 Å². The Morgan fingerprint density at radius 1 is 0.316 bits per heavy atom. The maximum atomic E-state index is 12.6. The summed E-state index contributed by atoms with van der Waals surface area (Å²) in [6.07, 6.45) is 83.7. The van der Waals surface area contributed by atoms with Crippen LogP contribution in [0.3, 0.4) is 0 Å². The summed E-state index contributed by atoms with van der Waals surface area (Å²) in [6, 6.07) is -1.01. The molecule has 0 bridgehead atoms. The molecule has 5 N–H and O–H groups in total. The maximum Gasteiger partial charge on any atom is 0.249 e. The first-order valence-corrected chi connectivity index (χ1v) is 34.0. The fourth-order valence-corrected chi connectivity index (χ4v) is 10.7. The molecule has 0 radical (unpaired) electrons. The molecule has 0 aliphatic rings. The first kappa shape index (κ1) is 74.3. The molecule has 0 rings (SSSR count). The van der Waals surface area contributed by atoms with Crippen molar-refractivity contribution in [2.45, 2.75) is 385 Å². The molecule has 6 heteroatoms. The summed E-state index contributed by atoms with van der Waals surface area (Å²) in [5.41, 5.74) is 0. The first-order valence-electron chi connectivity index (χ1n) is 34.0. The van der Waals surface area contributed by atoms with Gasteiger partial charge >= 0.3 is 0 Å². The van der Waals surface area contributed by atoms with E-state index in [1.54, 1.807) is 0 Å². The highest BCUT2D eigenvalue weighted by atomic mass is 16.3. The number of hydrogen-bond donors (Lipinski definition) is 5. The normalized spacial score (nSPS) is 13.8. The van der Waals surface area contributed by atoms with E-state index in [0.29, 0.717) is 19.3 Å². The number of nitrogens with one attached hydrogen (secondary N) is 1. The molecule has 0 aliphatic carbocycles. The van der Waals surface area contributed by atoms with E-state index in [4.69, 9.17) is 0 Å². The number of rotatable bonds is 63. The third-order valence-corrected chi connectivity index (χ3v) is 16.0. The first-order chi connectivity index (χ1) is 37.5. The molecule has 0 spiro atoms. The van der Waals surface area contributed by atoms with E-state index < -0.39 is 36.9 Å². The lowest BCUT2D eigenvalue weighted by molar-refractivity contribution is -0.132. The van der Waals surface area contributed by atoms with E-state index in [-0.39, 0.29) is 0 Å². The zero-order valence-corrected chi connectivity index (χ0v) is 51.0. The molecule has 76 heavy (non-hydrogen) atoms. The van der Waals surface area contributed by atoms with E-state index >= 15 is 0 Å². The molecule has 4 atom stereocenters. The van der Waals surface area contributed by atoms with Crippen molar-refractivity contribution in [1.82, 2.24) is 5.32 Å². The van der Waals surface area contributed by atoms with Crippen LogP contribution < -0.4 is 5.32 Å². The Hall–Kier alpha value is -1.73. The van der Waals surface area contributed by atoms with Gasteiger partial charge in [0.15, 0.2) is 0 Å². The van der Waals surface area contributed by atoms with Crippen molar-refractivity contribution < 1.29 is 25.2 Å². The smallest absolute Gasteiger partial charge is 0.249 e. The lowest BCUT2D eigenvalue weighted by Crippen LogP contribution is -2.53. The largest absolute Gasteiger partial charge is 0.394 e. The summed E-state index contributed by atoms with van der Waals surface area (Å²) in [7, 11) is 0. The summed E-state index contributed by atoms with van der Waals surface area (Å²) < 4.78 is 0. The summed E-state index contributed by atoms with van der Waals surface area (Å²) >= 11 is 0. The van der Waals surface area contributed by atoms with Crippen LogP contribution in [0.5, 0.6) is 0 Å². The summed E-state index contributed by atoms with van der Waals surface area (Å²) in [5.74, 6) is -0.595. The topological polar surface area (TPSA) is 110 Å². The quantitative estimate of drug-likeness (QED) is 0.0308. The van der Waals surface area contributed by atoms with E-state index in [1.807, 2.05) is 0 Å². The highest BCUT2D eigenvalue weighted by molar-refractivity contribution is 5.80. The van der Waals surface area contributed by atoms with Crippen molar-refractivity contribution >= 4 is 5.91 Å². The van der Waals surface area contributed by atoms with Gasteiger partial charge in [-0.1, -0.05) is 319 Å². The van der Waals surface area contributed by atoms with Crippen molar-refractivity contribution in [2.75, 3.05) is 6.61 Å². The highest BCUT2D eigenvalue weighted by Crippen LogP contribution is 2.18. The Kier molecular flexibility index (Phi) is 62.6. The van der Waals surface area contributed by atoms with Gasteiger partial charge in [0.25, 0.3) is 0 Å². The summed E-state index contributed by atoms with van der Waals surface area (Å²) in [5, 5.41) is 44.1. The van der Waals surface area contributed by atoms with E-state index in [1.165, 1.54) is 276 Å². The van der Waals surface area contributed by atoms with Gasteiger partial charge in [0.2, 0.25) is 5.91 Å². The number of carbonyl (C=O) groups is 1. The fraction of sp³-hybridized carbons (Fsp3) is 0.871. The number of amides is 1. The van der Waals surface area contributed by atoms with Crippen LogP contribution in [-0.4, -0.2) is 57.3 Å². The van der Waals surface area contributed by atoms with Crippen LogP contribution in [0.25, 0.3) is 0 Å². The molecular formula is C70H133NO5. The Morgan fingerprint density at radius 3 is 0.829 bits per heavy atom. The van der Waals surface area contributed by atoms with Gasteiger partial charge in [-0.15, -0.1) is 0 Å². The average Bonchev–Trinajstić information content (AvgIpc) is 3.42. The van der Waals surface area contributed by atoms with E-state index in [0.717, 1.165) is 51.4 Å². The van der Waals surface area contributed by atoms with Crippen LogP contribution in [0.15, 0.2) is 48.6 Å². The number of aliphatic hydroxyl groups is 4. The Morgan fingerprint density at radius 2 is 0.553 bits per heavy atom. The summed E-state index contributed by atoms with van der Waals surface area (Å²) in [6.45, 7) is 4.08. The van der Waals surface area contributed by atoms with Gasteiger partial charge in [0, 0.05) is 0 Å². The molecule has 448 valence electrons. The SMILES string of the molecule is CCCCCCCCCCCCCCC/C=C/CC/C=C/CC/C=C/CCCC(O)C(O)C(CO)NC(=O)C(O)CCCCCCCCCCCCCCCCCC/C=C\CCCCCCCCCCCCCCCC. The number of aliphatic hydroxyl groups excluding tert-OH is 4. The van der Waals surface area contributed by atoms with Gasteiger partial charge < -0.3 is 25.7 Å². The second-order valence-electron chi connectivity index (χ2n) is 23.5. The molecule has 0 aliphatic heterocycles. The molecule has 0 saturated carbocycles. The lowest BCUT2D eigenvalue weighted by Gasteiger charge is -2.27. The molecule has 0 saturated heterocycles.